The minimum atomic E-state index is -0.272. The molecular weight excluding hydrogens is 360 g/mol. The van der Waals surface area contributed by atoms with Crippen molar-refractivity contribution in [1.29, 1.82) is 0 Å². The van der Waals surface area contributed by atoms with Crippen LogP contribution in [0.25, 0.3) is 0 Å². The normalized spacial score (nSPS) is 11.4. The Balaban J connectivity index is 1.86. The largest absolute Gasteiger partial charge is 0.494 e. The lowest BCUT2D eigenvalue weighted by Gasteiger charge is -2.14. The standard InChI is InChI=1S/C21H26N2O3S/c1-4-14-25-18-10-6-16(7-11-18)20(24)23-21(27)22-17-8-12-19(13-9-17)26-15(3)5-2/h6-13,15H,4-5,14H2,1-3H3,(H2,22,23,24,27). The molecular formula is C21H26N2O3S. The van der Waals surface area contributed by atoms with Crippen LogP contribution in [0.4, 0.5) is 5.69 Å². The molecule has 0 aromatic heterocycles. The highest BCUT2D eigenvalue weighted by molar-refractivity contribution is 7.80. The van der Waals surface area contributed by atoms with E-state index in [0.717, 1.165) is 30.0 Å². The Morgan fingerprint density at radius 2 is 1.67 bits per heavy atom. The van der Waals surface area contributed by atoms with E-state index in [1.807, 2.05) is 38.1 Å². The maximum Gasteiger partial charge on any atom is 0.257 e. The predicted octanol–water partition coefficient (Wildman–Crippen LogP) is 4.78. The van der Waals surface area contributed by atoms with Crippen molar-refractivity contribution < 1.29 is 14.3 Å². The third-order valence-corrected chi connectivity index (χ3v) is 4.04. The molecule has 0 bridgehead atoms. The van der Waals surface area contributed by atoms with Crippen molar-refractivity contribution >= 4 is 28.9 Å². The summed E-state index contributed by atoms with van der Waals surface area (Å²) in [6.45, 7) is 6.80. The fraction of sp³-hybridized carbons (Fsp3) is 0.333. The molecule has 27 heavy (non-hydrogen) atoms. The number of rotatable bonds is 8. The SMILES string of the molecule is CCCOc1ccc(C(=O)NC(=S)Nc2ccc(OC(C)CC)cc2)cc1. The average molecular weight is 387 g/mol. The zero-order chi connectivity index (χ0) is 19.6. The van der Waals surface area contributed by atoms with Crippen LogP contribution in [0.1, 0.15) is 44.0 Å². The number of benzene rings is 2. The minimum Gasteiger partial charge on any atom is -0.494 e. The molecule has 0 fully saturated rings. The molecule has 144 valence electrons. The Hall–Kier alpha value is -2.60. The average Bonchev–Trinajstić information content (AvgIpc) is 2.68. The monoisotopic (exact) mass is 386 g/mol. The first-order chi connectivity index (χ1) is 13.0. The van der Waals surface area contributed by atoms with Gasteiger partial charge in [-0.2, -0.15) is 0 Å². The Morgan fingerprint density at radius 3 is 2.26 bits per heavy atom. The lowest BCUT2D eigenvalue weighted by atomic mass is 10.2. The van der Waals surface area contributed by atoms with Gasteiger partial charge in [-0.25, -0.2) is 0 Å². The Kier molecular flexibility index (Phi) is 8.07. The number of ether oxygens (including phenoxy) is 2. The number of carbonyl (C=O) groups is 1. The molecule has 6 heteroatoms. The van der Waals surface area contributed by atoms with E-state index in [-0.39, 0.29) is 17.1 Å². The van der Waals surface area contributed by atoms with Crippen molar-refractivity contribution in [3.63, 3.8) is 0 Å². The summed E-state index contributed by atoms with van der Waals surface area (Å²) in [6, 6.07) is 14.4. The highest BCUT2D eigenvalue weighted by Gasteiger charge is 2.09. The van der Waals surface area contributed by atoms with Crippen LogP contribution in [0.2, 0.25) is 0 Å². The highest BCUT2D eigenvalue weighted by atomic mass is 32.1. The lowest BCUT2D eigenvalue weighted by molar-refractivity contribution is 0.0977. The summed E-state index contributed by atoms with van der Waals surface area (Å²) < 4.78 is 11.2. The molecule has 1 atom stereocenters. The van der Waals surface area contributed by atoms with Crippen molar-refractivity contribution in [3.05, 3.63) is 54.1 Å². The summed E-state index contributed by atoms with van der Waals surface area (Å²) in [5.41, 5.74) is 1.29. The van der Waals surface area contributed by atoms with Gasteiger partial charge in [-0.1, -0.05) is 13.8 Å². The predicted molar refractivity (Wildman–Crippen MR) is 113 cm³/mol. The quantitative estimate of drug-likeness (QED) is 0.640. The molecule has 0 aliphatic heterocycles. The van der Waals surface area contributed by atoms with Gasteiger partial charge in [-0.3, -0.25) is 10.1 Å². The Bertz CT molecular complexity index is 745. The van der Waals surface area contributed by atoms with Gasteiger partial charge in [0.05, 0.1) is 12.7 Å². The number of thiocarbonyl (C=S) groups is 1. The third kappa shape index (κ3) is 6.90. The van der Waals surface area contributed by atoms with Crippen molar-refractivity contribution in [2.24, 2.45) is 0 Å². The van der Waals surface area contributed by atoms with Crippen LogP contribution in [0.15, 0.2) is 48.5 Å². The maximum atomic E-state index is 12.3. The molecule has 0 radical (unpaired) electrons. The third-order valence-electron chi connectivity index (χ3n) is 3.84. The molecule has 1 amide bonds. The molecule has 0 spiro atoms. The molecule has 1 unspecified atom stereocenters. The number of hydrogen-bond donors (Lipinski definition) is 2. The fourth-order valence-corrected chi connectivity index (χ4v) is 2.40. The Labute approximate surface area is 166 Å². The molecule has 2 aromatic carbocycles. The van der Waals surface area contributed by atoms with Crippen LogP contribution in [-0.2, 0) is 0 Å². The van der Waals surface area contributed by atoms with E-state index in [4.69, 9.17) is 21.7 Å². The molecule has 0 saturated carbocycles. The summed E-state index contributed by atoms with van der Waals surface area (Å²) in [5, 5.41) is 5.91. The smallest absolute Gasteiger partial charge is 0.257 e. The number of amides is 1. The second-order valence-electron chi connectivity index (χ2n) is 6.14. The summed E-state index contributed by atoms with van der Waals surface area (Å²) in [5.74, 6) is 1.27. The minimum absolute atomic E-state index is 0.169. The van der Waals surface area contributed by atoms with Gasteiger partial charge in [-0.15, -0.1) is 0 Å². The van der Waals surface area contributed by atoms with Gasteiger partial charge in [0.1, 0.15) is 11.5 Å². The van der Waals surface area contributed by atoms with Gasteiger partial charge in [0.25, 0.3) is 5.91 Å². The van der Waals surface area contributed by atoms with Gasteiger partial charge < -0.3 is 14.8 Å². The molecule has 0 saturated heterocycles. The van der Waals surface area contributed by atoms with Crippen molar-refractivity contribution in [2.45, 2.75) is 39.7 Å². The van der Waals surface area contributed by atoms with E-state index in [1.54, 1.807) is 24.3 Å². The first-order valence-electron chi connectivity index (χ1n) is 9.13. The van der Waals surface area contributed by atoms with Gasteiger partial charge >= 0.3 is 0 Å². The topological polar surface area (TPSA) is 59.6 Å². The van der Waals surface area contributed by atoms with Crippen molar-refractivity contribution in [3.8, 4) is 11.5 Å². The number of hydrogen-bond acceptors (Lipinski definition) is 4. The van der Waals surface area contributed by atoms with Crippen LogP contribution >= 0.6 is 12.2 Å². The van der Waals surface area contributed by atoms with Crippen LogP contribution in [-0.4, -0.2) is 23.7 Å². The molecule has 0 aliphatic carbocycles. The van der Waals surface area contributed by atoms with Crippen molar-refractivity contribution in [2.75, 3.05) is 11.9 Å². The van der Waals surface area contributed by atoms with E-state index in [2.05, 4.69) is 17.6 Å². The van der Waals surface area contributed by atoms with Gasteiger partial charge in [0, 0.05) is 11.3 Å². The molecule has 0 aliphatic rings. The fourth-order valence-electron chi connectivity index (χ4n) is 2.19. The van der Waals surface area contributed by atoms with E-state index in [9.17, 15) is 4.79 Å². The van der Waals surface area contributed by atoms with Crippen LogP contribution in [0.3, 0.4) is 0 Å². The van der Waals surface area contributed by atoms with Gasteiger partial charge in [-0.05, 0) is 80.5 Å². The molecule has 2 rings (SSSR count). The summed E-state index contributed by atoms with van der Waals surface area (Å²) in [7, 11) is 0. The second kappa shape index (κ2) is 10.5. The zero-order valence-corrected chi connectivity index (χ0v) is 16.8. The Morgan fingerprint density at radius 1 is 1.04 bits per heavy atom. The molecule has 2 N–H and O–H groups in total. The summed E-state index contributed by atoms with van der Waals surface area (Å²) in [4.78, 5) is 12.3. The van der Waals surface area contributed by atoms with Crippen LogP contribution < -0.4 is 20.1 Å². The van der Waals surface area contributed by atoms with E-state index in [0.29, 0.717) is 12.2 Å². The number of carbonyl (C=O) groups excluding carboxylic acids is 1. The van der Waals surface area contributed by atoms with Crippen LogP contribution in [0, 0.1) is 0 Å². The molecule has 2 aromatic rings. The first kappa shape index (κ1) is 20.7. The maximum absolute atomic E-state index is 12.3. The zero-order valence-electron chi connectivity index (χ0n) is 16.0. The first-order valence-corrected chi connectivity index (χ1v) is 9.54. The van der Waals surface area contributed by atoms with Crippen molar-refractivity contribution in [1.82, 2.24) is 5.32 Å². The van der Waals surface area contributed by atoms with E-state index in [1.165, 1.54) is 0 Å². The van der Waals surface area contributed by atoms with Crippen LogP contribution in [0.5, 0.6) is 11.5 Å². The number of anilines is 1. The second-order valence-corrected chi connectivity index (χ2v) is 6.55. The van der Waals surface area contributed by atoms with Gasteiger partial charge in [0.15, 0.2) is 5.11 Å². The highest BCUT2D eigenvalue weighted by Crippen LogP contribution is 2.18. The molecule has 5 nitrogen and oxygen atoms in total. The molecule has 0 heterocycles. The van der Waals surface area contributed by atoms with Gasteiger partial charge in [0.2, 0.25) is 0 Å². The van der Waals surface area contributed by atoms with E-state index < -0.39 is 0 Å². The number of nitrogens with one attached hydrogen (secondary N) is 2. The summed E-state index contributed by atoms with van der Waals surface area (Å²) >= 11 is 5.22. The summed E-state index contributed by atoms with van der Waals surface area (Å²) in [6.07, 6.45) is 2.05. The van der Waals surface area contributed by atoms with E-state index >= 15 is 0 Å². The lowest BCUT2D eigenvalue weighted by Crippen LogP contribution is -2.34.